The lowest BCUT2D eigenvalue weighted by Crippen LogP contribution is -2.49. The van der Waals surface area contributed by atoms with Crippen LogP contribution in [0.15, 0.2) is 47.5 Å². The van der Waals surface area contributed by atoms with Crippen LogP contribution in [0.3, 0.4) is 0 Å². The average molecular weight is 568 g/mol. The van der Waals surface area contributed by atoms with Crippen molar-refractivity contribution in [3.63, 3.8) is 0 Å². The van der Waals surface area contributed by atoms with Gasteiger partial charge in [-0.2, -0.15) is 9.40 Å². The van der Waals surface area contributed by atoms with E-state index in [1.807, 2.05) is 43.9 Å². The lowest BCUT2D eigenvalue weighted by atomic mass is 10.1. The summed E-state index contributed by atoms with van der Waals surface area (Å²) in [6.07, 6.45) is 2.56. The first-order valence-electron chi connectivity index (χ1n) is 13.9. The van der Waals surface area contributed by atoms with Crippen LogP contribution in [0.25, 0.3) is 5.82 Å². The predicted octanol–water partition coefficient (Wildman–Crippen LogP) is 3.17. The summed E-state index contributed by atoms with van der Waals surface area (Å²) in [6.45, 7) is 11.6. The molecule has 0 bridgehead atoms. The first-order valence-corrected chi connectivity index (χ1v) is 15.4. The highest BCUT2D eigenvalue weighted by atomic mass is 32.2. The van der Waals surface area contributed by atoms with Crippen molar-refractivity contribution in [2.75, 3.05) is 44.2 Å². The van der Waals surface area contributed by atoms with E-state index in [2.05, 4.69) is 27.2 Å². The summed E-state index contributed by atoms with van der Waals surface area (Å²) in [5, 5.41) is 7.65. The number of piperazine rings is 1. The summed E-state index contributed by atoms with van der Waals surface area (Å²) in [7, 11) is -3.74. The zero-order valence-corrected chi connectivity index (χ0v) is 24.3. The van der Waals surface area contributed by atoms with Gasteiger partial charge < -0.3 is 19.9 Å². The van der Waals surface area contributed by atoms with E-state index in [-0.39, 0.29) is 16.5 Å². The maximum Gasteiger partial charge on any atom is 0.275 e. The number of carbonyl (C=O) groups excluding carboxylic acids is 1. The molecule has 3 aromatic rings. The molecule has 1 amide bonds. The summed E-state index contributed by atoms with van der Waals surface area (Å²) < 4.78 is 36.9. The van der Waals surface area contributed by atoms with Crippen molar-refractivity contribution in [1.29, 1.82) is 0 Å². The van der Waals surface area contributed by atoms with Gasteiger partial charge in [0.15, 0.2) is 11.5 Å². The van der Waals surface area contributed by atoms with Crippen molar-refractivity contribution in [1.82, 2.24) is 29.3 Å². The molecule has 214 valence electrons. The number of hydrogen-bond acceptors (Lipinski definition) is 8. The van der Waals surface area contributed by atoms with Crippen molar-refractivity contribution >= 4 is 27.3 Å². The Bertz CT molecular complexity index is 1470. The minimum absolute atomic E-state index is 0.192. The maximum absolute atomic E-state index is 13.8. The van der Waals surface area contributed by atoms with Gasteiger partial charge in [-0.15, -0.1) is 0 Å². The van der Waals surface area contributed by atoms with E-state index in [4.69, 9.17) is 4.74 Å². The van der Waals surface area contributed by atoms with E-state index in [1.54, 1.807) is 33.4 Å². The van der Waals surface area contributed by atoms with E-state index in [1.165, 1.54) is 0 Å². The molecule has 40 heavy (non-hydrogen) atoms. The second-order valence-electron chi connectivity index (χ2n) is 9.93. The fourth-order valence-corrected chi connectivity index (χ4v) is 6.74. The Balaban J connectivity index is 1.64. The number of anilines is 2. The fraction of sp³-hybridized carbons (Fsp3) is 0.464. The Hall–Kier alpha value is -3.48. The van der Waals surface area contributed by atoms with E-state index < -0.39 is 16.2 Å². The SMILES string of the molecule is CCCOc1ccc(S(=O)(=O)N2CCN(CC)CC2)cc1N1c2c(nn(-c3ccccn3)c2CC)C(=O)NC1C. The minimum Gasteiger partial charge on any atom is -0.491 e. The lowest BCUT2D eigenvalue weighted by molar-refractivity contribution is 0.0928. The van der Waals surface area contributed by atoms with E-state index in [0.29, 0.717) is 62.1 Å². The number of amides is 1. The first-order chi connectivity index (χ1) is 19.3. The van der Waals surface area contributed by atoms with E-state index in [0.717, 1.165) is 18.7 Å². The molecule has 2 aliphatic rings. The number of aromatic nitrogens is 3. The molecule has 5 rings (SSSR count). The standard InChI is InChI=1S/C28H37N7O4S/c1-5-18-39-24-12-11-21(40(37,38)33-16-14-32(7-3)15-17-33)19-23(24)34-20(4)30-28(36)26-27(34)22(6-2)35(31-26)25-10-8-9-13-29-25/h8-13,19-20H,5-7,14-18H2,1-4H3,(H,30,36). The van der Waals surface area contributed by atoms with E-state index >= 15 is 0 Å². The Labute approximate surface area is 235 Å². The first kappa shape index (κ1) is 28.1. The van der Waals surface area contributed by atoms with Crippen LogP contribution in [-0.2, 0) is 16.4 Å². The number of fused-ring (bicyclic) bond motifs is 1. The highest BCUT2D eigenvalue weighted by Gasteiger charge is 2.38. The molecule has 1 fully saturated rings. The largest absolute Gasteiger partial charge is 0.491 e. The van der Waals surface area contributed by atoms with Crippen molar-refractivity contribution in [3.05, 3.63) is 54.0 Å². The van der Waals surface area contributed by atoms with Crippen LogP contribution in [0.4, 0.5) is 11.4 Å². The molecule has 12 heteroatoms. The Morgan fingerprint density at radius 2 is 1.85 bits per heavy atom. The molecule has 0 radical (unpaired) electrons. The number of benzene rings is 1. The molecule has 1 saturated heterocycles. The Morgan fingerprint density at radius 3 is 2.50 bits per heavy atom. The highest BCUT2D eigenvalue weighted by molar-refractivity contribution is 7.89. The van der Waals surface area contributed by atoms with Crippen LogP contribution < -0.4 is 15.0 Å². The lowest BCUT2D eigenvalue weighted by Gasteiger charge is -2.37. The quantitative estimate of drug-likeness (QED) is 0.420. The van der Waals surface area contributed by atoms with Gasteiger partial charge in [0, 0.05) is 32.4 Å². The number of rotatable bonds is 9. The minimum atomic E-state index is -3.74. The number of hydrogen-bond donors (Lipinski definition) is 1. The van der Waals surface area contributed by atoms with Crippen LogP contribution in [0, 0.1) is 0 Å². The zero-order chi connectivity index (χ0) is 28.4. The Morgan fingerprint density at radius 1 is 1.07 bits per heavy atom. The molecule has 2 aromatic heterocycles. The van der Waals surface area contributed by atoms with Crippen molar-refractivity contribution in [2.24, 2.45) is 0 Å². The molecule has 1 unspecified atom stereocenters. The van der Waals surface area contributed by atoms with E-state index in [9.17, 15) is 13.2 Å². The number of sulfonamides is 1. The van der Waals surface area contributed by atoms with Crippen LogP contribution in [0.1, 0.15) is 50.3 Å². The van der Waals surface area contributed by atoms with Crippen LogP contribution in [0.5, 0.6) is 5.75 Å². The smallest absolute Gasteiger partial charge is 0.275 e. The number of pyridine rings is 1. The van der Waals surface area contributed by atoms with Crippen molar-refractivity contribution in [2.45, 2.75) is 51.6 Å². The third-order valence-corrected chi connectivity index (χ3v) is 9.30. The number of nitrogens with one attached hydrogen (secondary N) is 1. The number of likely N-dealkylation sites (N-methyl/N-ethyl adjacent to an activating group) is 1. The third-order valence-electron chi connectivity index (χ3n) is 7.41. The molecule has 11 nitrogen and oxygen atoms in total. The number of ether oxygens (including phenoxy) is 1. The topological polar surface area (TPSA) is 113 Å². The summed E-state index contributed by atoms with van der Waals surface area (Å²) in [6, 6.07) is 10.5. The van der Waals surface area contributed by atoms with Crippen molar-refractivity contribution in [3.8, 4) is 11.6 Å². The summed E-state index contributed by atoms with van der Waals surface area (Å²) in [5.74, 6) is 0.842. The monoisotopic (exact) mass is 567 g/mol. The molecule has 1 aromatic carbocycles. The summed E-state index contributed by atoms with van der Waals surface area (Å²) in [5.41, 5.74) is 2.23. The summed E-state index contributed by atoms with van der Waals surface area (Å²) >= 11 is 0. The summed E-state index contributed by atoms with van der Waals surface area (Å²) in [4.78, 5) is 22.0. The molecular formula is C28H37N7O4S. The molecule has 4 heterocycles. The zero-order valence-electron chi connectivity index (χ0n) is 23.5. The molecule has 2 aliphatic heterocycles. The van der Waals surface area contributed by atoms with Gasteiger partial charge in [0.1, 0.15) is 11.9 Å². The molecule has 0 saturated carbocycles. The predicted molar refractivity (Wildman–Crippen MR) is 153 cm³/mol. The second kappa shape index (κ2) is 11.6. The number of carbonyl (C=O) groups is 1. The molecule has 0 spiro atoms. The van der Waals surface area contributed by atoms with Gasteiger partial charge in [0.25, 0.3) is 5.91 Å². The fourth-order valence-electron chi connectivity index (χ4n) is 5.30. The normalized spacial score (nSPS) is 18.4. The van der Waals surface area contributed by atoms with Gasteiger partial charge in [-0.25, -0.2) is 18.1 Å². The van der Waals surface area contributed by atoms with Gasteiger partial charge in [0.2, 0.25) is 10.0 Å². The Kier molecular flexibility index (Phi) is 8.11. The molecule has 1 N–H and O–H groups in total. The van der Waals surface area contributed by atoms with Gasteiger partial charge in [-0.05, 0) is 56.6 Å². The highest BCUT2D eigenvalue weighted by Crippen LogP contribution is 2.43. The molecular weight excluding hydrogens is 530 g/mol. The number of nitrogens with zero attached hydrogens (tertiary/aromatic N) is 6. The van der Waals surface area contributed by atoms with Crippen LogP contribution >= 0.6 is 0 Å². The van der Waals surface area contributed by atoms with Crippen LogP contribution in [0.2, 0.25) is 0 Å². The van der Waals surface area contributed by atoms with Gasteiger partial charge in [-0.3, -0.25) is 4.79 Å². The van der Waals surface area contributed by atoms with Gasteiger partial charge in [-0.1, -0.05) is 26.8 Å². The average Bonchev–Trinajstić information content (AvgIpc) is 3.37. The molecule has 0 aliphatic carbocycles. The van der Waals surface area contributed by atoms with Crippen molar-refractivity contribution < 1.29 is 17.9 Å². The van der Waals surface area contributed by atoms with Gasteiger partial charge >= 0.3 is 0 Å². The van der Waals surface area contributed by atoms with Crippen LogP contribution in [-0.4, -0.2) is 83.8 Å². The van der Waals surface area contributed by atoms with Gasteiger partial charge in [0.05, 0.1) is 28.6 Å². The third kappa shape index (κ3) is 5.06. The molecule has 1 atom stereocenters. The maximum atomic E-state index is 13.8. The second-order valence-corrected chi connectivity index (χ2v) is 11.9.